The van der Waals surface area contributed by atoms with E-state index in [2.05, 4.69) is 30.9 Å². The molecule has 0 aromatic carbocycles. The average molecular weight is 357 g/mol. The van der Waals surface area contributed by atoms with Crippen molar-refractivity contribution in [2.24, 2.45) is 39.7 Å². The van der Waals surface area contributed by atoms with Gasteiger partial charge in [0.05, 0.1) is 5.71 Å². The molecule has 3 nitrogen and oxygen atoms in total. The molecule has 1 aliphatic heterocycles. The van der Waals surface area contributed by atoms with Crippen LogP contribution in [0.5, 0.6) is 0 Å². The highest BCUT2D eigenvalue weighted by atomic mass is 16.6. The van der Waals surface area contributed by atoms with E-state index in [1.807, 2.05) is 0 Å². The first-order valence-corrected chi connectivity index (χ1v) is 11.1. The van der Waals surface area contributed by atoms with Gasteiger partial charge in [0.1, 0.15) is 0 Å². The van der Waals surface area contributed by atoms with E-state index in [0.717, 1.165) is 43.2 Å². The number of hydrogen-bond acceptors (Lipinski definition) is 3. The van der Waals surface area contributed by atoms with Gasteiger partial charge in [-0.15, -0.1) is 0 Å². The first kappa shape index (κ1) is 17.3. The van der Waals surface area contributed by atoms with Gasteiger partial charge in [0.15, 0.2) is 6.10 Å². The van der Waals surface area contributed by atoms with Crippen LogP contribution in [0.2, 0.25) is 0 Å². The average Bonchev–Trinajstić information content (AvgIpc) is 2.89. The Morgan fingerprint density at radius 2 is 1.88 bits per heavy atom. The minimum Gasteiger partial charge on any atom is -0.390 e. The number of nitrogens with one attached hydrogen (secondary N) is 1. The summed E-state index contributed by atoms with van der Waals surface area (Å²) in [5, 5.41) is 7.83. The fraction of sp³-hybridized carbons (Fsp3) is 0.870. The Balaban J connectivity index is 1.32. The highest BCUT2D eigenvalue weighted by Crippen LogP contribution is 2.66. The maximum Gasteiger partial charge on any atom is 0.152 e. The molecule has 5 fully saturated rings. The van der Waals surface area contributed by atoms with Gasteiger partial charge in [-0.1, -0.05) is 31.2 Å². The van der Waals surface area contributed by atoms with E-state index < -0.39 is 0 Å². The summed E-state index contributed by atoms with van der Waals surface area (Å²) in [7, 11) is 0. The third-order valence-electron chi connectivity index (χ3n) is 9.53. The van der Waals surface area contributed by atoms with Crippen LogP contribution in [0, 0.1) is 34.5 Å². The van der Waals surface area contributed by atoms with Gasteiger partial charge < -0.3 is 10.2 Å². The van der Waals surface area contributed by atoms with Crippen molar-refractivity contribution in [3.8, 4) is 0 Å². The van der Waals surface area contributed by atoms with Crippen LogP contribution in [0.1, 0.15) is 71.6 Å². The number of rotatable bonds is 2. The van der Waals surface area contributed by atoms with Crippen molar-refractivity contribution in [3.05, 3.63) is 12.2 Å². The summed E-state index contributed by atoms with van der Waals surface area (Å²) in [6.45, 7) is 11.6. The summed E-state index contributed by atoms with van der Waals surface area (Å²) in [5.74, 6) is 3.62. The lowest BCUT2D eigenvalue weighted by Gasteiger charge is -2.60. The monoisotopic (exact) mass is 356 g/mol. The van der Waals surface area contributed by atoms with Gasteiger partial charge >= 0.3 is 0 Å². The molecule has 4 unspecified atom stereocenters. The van der Waals surface area contributed by atoms with Crippen molar-refractivity contribution in [3.63, 3.8) is 0 Å². The summed E-state index contributed by atoms with van der Waals surface area (Å²) < 4.78 is 0. The number of allylic oxidation sites excluding steroid dienone is 1. The van der Waals surface area contributed by atoms with Gasteiger partial charge in [-0.05, 0) is 92.3 Å². The van der Waals surface area contributed by atoms with Crippen LogP contribution >= 0.6 is 0 Å². The number of hydrogen-bond donors (Lipinski definition) is 1. The van der Waals surface area contributed by atoms with Crippen molar-refractivity contribution in [2.75, 3.05) is 13.1 Å². The first-order valence-electron chi connectivity index (χ1n) is 11.1. The van der Waals surface area contributed by atoms with Crippen LogP contribution in [-0.2, 0) is 4.84 Å². The quantitative estimate of drug-likeness (QED) is 0.562. The molecule has 1 heterocycles. The zero-order valence-corrected chi connectivity index (χ0v) is 16.7. The molecule has 5 rings (SSSR count). The second kappa shape index (κ2) is 6.09. The zero-order chi connectivity index (χ0) is 17.9. The number of oxime groups is 1. The van der Waals surface area contributed by atoms with Crippen LogP contribution < -0.4 is 5.32 Å². The topological polar surface area (TPSA) is 33.6 Å². The summed E-state index contributed by atoms with van der Waals surface area (Å²) >= 11 is 0. The Morgan fingerprint density at radius 1 is 1.04 bits per heavy atom. The lowest BCUT2D eigenvalue weighted by atomic mass is 9.45. The molecule has 0 amide bonds. The van der Waals surface area contributed by atoms with Gasteiger partial charge in [-0.3, -0.25) is 0 Å². The Hall–Kier alpha value is -0.830. The molecule has 4 aliphatic carbocycles. The second-order valence-electron chi connectivity index (χ2n) is 10.5. The summed E-state index contributed by atoms with van der Waals surface area (Å²) in [6, 6.07) is 0. The van der Waals surface area contributed by atoms with Gasteiger partial charge in [-0.25, -0.2) is 0 Å². The summed E-state index contributed by atoms with van der Waals surface area (Å²) in [4.78, 5) is 5.73. The fourth-order valence-electron chi connectivity index (χ4n) is 7.54. The Kier molecular flexibility index (Phi) is 4.05. The van der Waals surface area contributed by atoms with E-state index in [4.69, 9.17) is 4.84 Å². The lowest BCUT2D eigenvalue weighted by Crippen LogP contribution is -2.53. The third kappa shape index (κ3) is 2.45. The van der Waals surface area contributed by atoms with E-state index in [-0.39, 0.29) is 0 Å². The standard InChI is InChI=1S/C23H36N2O/c1-15-4-7-20-19-6-5-16-12-17(25-26-18-13-24-14-18)8-10-23(16,3)21(19)9-11-22(15,20)2/h16,18-21,24H,1,4-14H2,2-3H3/t16?,19?,20?,21?,22-,23+/m1/s1. The normalized spacial score (nSPS) is 49.9. The highest BCUT2D eigenvalue weighted by molar-refractivity contribution is 5.85. The van der Waals surface area contributed by atoms with Gasteiger partial charge in [0.2, 0.25) is 0 Å². The van der Waals surface area contributed by atoms with E-state index in [0.29, 0.717) is 16.9 Å². The highest BCUT2D eigenvalue weighted by Gasteiger charge is 2.58. The van der Waals surface area contributed by atoms with E-state index in [9.17, 15) is 0 Å². The predicted molar refractivity (Wildman–Crippen MR) is 106 cm³/mol. The molecule has 144 valence electrons. The molecule has 1 saturated heterocycles. The number of fused-ring (bicyclic) bond motifs is 5. The second-order valence-corrected chi connectivity index (χ2v) is 10.5. The predicted octanol–water partition coefficient (Wildman–Crippen LogP) is 4.93. The van der Waals surface area contributed by atoms with Crippen molar-refractivity contribution in [2.45, 2.75) is 77.7 Å². The first-order chi connectivity index (χ1) is 12.5. The van der Waals surface area contributed by atoms with Crippen LogP contribution in [-0.4, -0.2) is 24.9 Å². The van der Waals surface area contributed by atoms with E-state index in [1.54, 1.807) is 5.57 Å². The molecule has 0 bridgehead atoms. The minimum absolute atomic E-state index is 0.318. The summed E-state index contributed by atoms with van der Waals surface area (Å²) in [5.41, 5.74) is 3.89. The molecule has 4 saturated carbocycles. The van der Waals surface area contributed by atoms with Crippen molar-refractivity contribution in [1.82, 2.24) is 5.32 Å². The van der Waals surface area contributed by atoms with Crippen molar-refractivity contribution < 1.29 is 4.84 Å². The van der Waals surface area contributed by atoms with Crippen LogP contribution in [0.3, 0.4) is 0 Å². The minimum atomic E-state index is 0.318. The molecule has 5 aliphatic rings. The largest absolute Gasteiger partial charge is 0.390 e. The third-order valence-corrected chi connectivity index (χ3v) is 9.53. The summed E-state index contributed by atoms with van der Waals surface area (Å²) in [6.07, 6.45) is 12.4. The van der Waals surface area contributed by atoms with Crippen molar-refractivity contribution in [1.29, 1.82) is 0 Å². The Labute approximate surface area is 159 Å². The molecular weight excluding hydrogens is 320 g/mol. The molecule has 0 aromatic rings. The van der Waals surface area contributed by atoms with Crippen LogP contribution in [0.15, 0.2) is 17.3 Å². The smallest absolute Gasteiger partial charge is 0.152 e. The van der Waals surface area contributed by atoms with E-state index in [1.165, 1.54) is 57.1 Å². The fourth-order valence-corrected chi connectivity index (χ4v) is 7.54. The number of nitrogens with zero attached hydrogens (tertiary/aromatic N) is 1. The van der Waals surface area contributed by atoms with Crippen LogP contribution in [0.4, 0.5) is 0 Å². The molecule has 6 atom stereocenters. The molecule has 0 spiro atoms. The SMILES string of the molecule is C=C1CCC2C3CCC4CC(=NOC5CNC5)CC[C@]4(C)C3CC[C@]12C. The molecule has 26 heavy (non-hydrogen) atoms. The molecule has 0 aromatic heterocycles. The molecule has 3 heteroatoms. The molecular formula is C23H36N2O. The Bertz CT molecular complexity index is 624. The lowest BCUT2D eigenvalue weighted by molar-refractivity contribution is -0.0863. The van der Waals surface area contributed by atoms with Gasteiger partial charge in [0, 0.05) is 13.1 Å². The maximum atomic E-state index is 5.73. The Morgan fingerprint density at radius 3 is 2.65 bits per heavy atom. The molecule has 0 radical (unpaired) electrons. The van der Waals surface area contributed by atoms with Crippen molar-refractivity contribution >= 4 is 5.71 Å². The van der Waals surface area contributed by atoms with Gasteiger partial charge in [-0.2, -0.15) is 0 Å². The van der Waals surface area contributed by atoms with E-state index >= 15 is 0 Å². The zero-order valence-electron chi connectivity index (χ0n) is 16.7. The maximum absolute atomic E-state index is 5.73. The molecule has 1 N–H and O–H groups in total. The van der Waals surface area contributed by atoms with Gasteiger partial charge in [0.25, 0.3) is 0 Å². The van der Waals surface area contributed by atoms with Crippen LogP contribution in [0.25, 0.3) is 0 Å².